The fraction of sp³-hybridized carbons (Fsp3) is 0.217. The first-order valence-corrected chi connectivity index (χ1v) is 9.54. The lowest BCUT2D eigenvalue weighted by molar-refractivity contribution is 0.0744. The molecule has 3 aromatic rings. The van der Waals surface area contributed by atoms with Crippen molar-refractivity contribution < 1.29 is 14.3 Å². The fourth-order valence-corrected chi connectivity index (χ4v) is 2.85. The number of aromatic nitrogens is 2. The van der Waals surface area contributed by atoms with Gasteiger partial charge < -0.3 is 15.0 Å². The van der Waals surface area contributed by atoms with E-state index in [9.17, 15) is 9.59 Å². The lowest BCUT2D eigenvalue weighted by Crippen LogP contribution is -2.29. The molecule has 2 aromatic carbocycles. The molecule has 0 aliphatic rings. The highest BCUT2D eigenvalue weighted by Crippen LogP contribution is 2.19. The lowest BCUT2D eigenvalue weighted by atomic mass is 10.1. The number of hydrogen-bond acceptors (Lipinski definition) is 5. The Kier molecular flexibility index (Phi) is 6.87. The molecule has 2 amide bonds. The summed E-state index contributed by atoms with van der Waals surface area (Å²) in [4.78, 5) is 35.5. The van der Waals surface area contributed by atoms with E-state index in [1.54, 1.807) is 56.4 Å². The molecule has 0 spiro atoms. The Morgan fingerprint density at radius 1 is 1.07 bits per heavy atom. The maximum Gasteiger partial charge on any atom is 0.276 e. The number of carbonyl (C=O) groups is 2. The molecule has 0 unspecified atom stereocenters. The van der Waals surface area contributed by atoms with Gasteiger partial charge >= 0.3 is 0 Å². The predicted octanol–water partition coefficient (Wildman–Crippen LogP) is 3.42. The average molecular weight is 404 g/mol. The topological polar surface area (TPSA) is 84.4 Å². The minimum Gasteiger partial charge on any atom is -0.383 e. The van der Waals surface area contributed by atoms with E-state index in [1.807, 2.05) is 30.3 Å². The van der Waals surface area contributed by atoms with Crippen molar-refractivity contribution in [3.8, 4) is 11.3 Å². The molecule has 0 fully saturated rings. The normalized spacial score (nSPS) is 10.5. The van der Waals surface area contributed by atoms with Gasteiger partial charge in [-0.1, -0.05) is 30.3 Å². The number of nitrogens with zero attached hydrogens (tertiary/aromatic N) is 3. The van der Waals surface area contributed by atoms with Crippen LogP contribution in [0.1, 0.15) is 26.5 Å². The predicted molar refractivity (Wildman–Crippen MR) is 115 cm³/mol. The van der Waals surface area contributed by atoms with E-state index in [0.29, 0.717) is 35.8 Å². The van der Waals surface area contributed by atoms with E-state index in [-0.39, 0.29) is 17.5 Å². The van der Waals surface area contributed by atoms with Gasteiger partial charge in [-0.25, -0.2) is 4.98 Å². The third-order valence-electron chi connectivity index (χ3n) is 4.61. The Labute approximate surface area is 175 Å². The van der Waals surface area contributed by atoms with Gasteiger partial charge in [0.05, 0.1) is 24.2 Å². The first kappa shape index (κ1) is 21.1. The van der Waals surface area contributed by atoms with Gasteiger partial charge in [0, 0.05) is 37.5 Å². The number of methoxy groups -OCH3 is 1. The van der Waals surface area contributed by atoms with Crippen molar-refractivity contribution in [2.45, 2.75) is 6.92 Å². The van der Waals surface area contributed by atoms with Gasteiger partial charge in [-0.15, -0.1) is 0 Å². The minimum absolute atomic E-state index is 0.0866. The van der Waals surface area contributed by atoms with Crippen molar-refractivity contribution in [2.75, 3.05) is 32.6 Å². The molecule has 1 aromatic heterocycles. The molecular formula is C23H24N4O3. The second-order valence-corrected chi connectivity index (χ2v) is 6.81. The molecule has 0 radical (unpaired) electrons. The maximum atomic E-state index is 12.6. The molecule has 0 saturated heterocycles. The van der Waals surface area contributed by atoms with E-state index in [0.717, 1.165) is 5.56 Å². The Bertz CT molecular complexity index is 1020. The lowest BCUT2D eigenvalue weighted by Gasteiger charge is -2.16. The van der Waals surface area contributed by atoms with Crippen molar-refractivity contribution >= 4 is 17.5 Å². The Balaban J connectivity index is 1.78. The second-order valence-electron chi connectivity index (χ2n) is 6.81. The Hall–Kier alpha value is -3.58. The molecule has 1 N–H and O–H groups in total. The quantitative estimate of drug-likeness (QED) is 0.652. The van der Waals surface area contributed by atoms with Gasteiger partial charge in [-0.3, -0.25) is 14.6 Å². The molecule has 3 rings (SSSR count). The highest BCUT2D eigenvalue weighted by Gasteiger charge is 2.15. The summed E-state index contributed by atoms with van der Waals surface area (Å²) in [6.07, 6.45) is 1.62. The Morgan fingerprint density at radius 3 is 2.43 bits per heavy atom. The molecule has 0 atom stereocenters. The summed E-state index contributed by atoms with van der Waals surface area (Å²) in [5, 5.41) is 2.83. The van der Waals surface area contributed by atoms with E-state index in [4.69, 9.17) is 4.74 Å². The van der Waals surface area contributed by atoms with Crippen molar-refractivity contribution in [3.63, 3.8) is 0 Å². The van der Waals surface area contributed by atoms with Gasteiger partial charge in [0.25, 0.3) is 11.8 Å². The van der Waals surface area contributed by atoms with Crippen LogP contribution in [0, 0.1) is 6.92 Å². The summed E-state index contributed by atoms with van der Waals surface area (Å²) < 4.78 is 5.01. The van der Waals surface area contributed by atoms with Crippen LogP contribution in [0.3, 0.4) is 0 Å². The van der Waals surface area contributed by atoms with Crippen LogP contribution < -0.4 is 5.32 Å². The molecule has 154 valence electrons. The highest BCUT2D eigenvalue weighted by molar-refractivity contribution is 6.03. The molecule has 1 heterocycles. The largest absolute Gasteiger partial charge is 0.383 e. The van der Waals surface area contributed by atoms with Crippen LogP contribution in [-0.2, 0) is 4.74 Å². The maximum absolute atomic E-state index is 12.6. The number of anilines is 1. The summed E-state index contributed by atoms with van der Waals surface area (Å²) in [6, 6.07) is 16.3. The van der Waals surface area contributed by atoms with Crippen LogP contribution in [0.5, 0.6) is 0 Å². The smallest absolute Gasteiger partial charge is 0.276 e. The van der Waals surface area contributed by atoms with E-state index in [2.05, 4.69) is 15.3 Å². The number of likely N-dealkylation sites (N-methyl/N-ethyl adjacent to an activating group) is 1. The summed E-state index contributed by atoms with van der Waals surface area (Å²) in [6.45, 7) is 2.74. The second kappa shape index (κ2) is 9.76. The van der Waals surface area contributed by atoms with Crippen molar-refractivity contribution in [1.82, 2.24) is 14.9 Å². The number of rotatable bonds is 7. The third kappa shape index (κ3) is 5.07. The van der Waals surface area contributed by atoms with Crippen LogP contribution in [-0.4, -0.2) is 54.0 Å². The molecular weight excluding hydrogens is 380 g/mol. The minimum atomic E-state index is -0.320. The van der Waals surface area contributed by atoms with Gasteiger partial charge in [-0.2, -0.15) is 0 Å². The summed E-state index contributed by atoms with van der Waals surface area (Å²) in [5.74, 6) is -0.406. The van der Waals surface area contributed by atoms with E-state index in [1.165, 1.54) is 0 Å². The molecule has 7 heteroatoms. The van der Waals surface area contributed by atoms with Crippen LogP contribution in [0.15, 0.2) is 60.8 Å². The van der Waals surface area contributed by atoms with Crippen LogP contribution >= 0.6 is 0 Å². The van der Waals surface area contributed by atoms with Crippen molar-refractivity contribution in [1.29, 1.82) is 0 Å². The van der Waals surface area contributed by atoms with Gasteiger partial charge in [0.15, 0.2) is 0 Å². The van der Waals surface area contributed by atoms with Gasteiger partial charge in [-0.05, 0) is 31.2 Å². The monoisotopic (exact) mass is 404 g/mol. The first-order chi connectivity index (χ1) is 14.5. The number of hydrogen-bond donors (Lipinski definition) is 1. The fourth-order valence-electron chi connectivity index (χ4n) is 2.85. The number of amides is 2. The highest BCUT2D eigenvalue weighted by atomic mass is 16.5. The molecule has 0 saturated carbocycles. The zero-order valence-corrected chi connectivity index (χ0v) is 17.3. The van der Waals surface area contributed by atoms with Crippen LogP contribution in [0.25, 0.3) is 11.3 Å². The number of ether oxygens (including phenoxy) is 1. The molecule has 0 aliphatic carbocycles. The third-order valence-corrected chi connectivity index (χ3v) is 4.61. The SMILES string of the molecule is COCCN(C)C(=O)c1ccc(-c2cnc(C)c(C(=O)Nc3ccccc3)n2)cc1. The van der Waals surface area contributed by atoms with Crippen molar-refractivity contribution in [2.24, 2.45) is 0 Å². The number of benzene rings is 2. The summed E-state index contributed by atoms with van der Waals surface area (Å²) in [5.41, 5.74) is 3.39. The van der Waals surface area contributed by atoms with Gasteiger partial charge in [0.1, 0.15) is 5.69 Å². The van der Waals surface area contributed by atoms with E-state index >= 15 is 0 Å². The average Bonchev–Trinajstić information content (AvgIpc) is 2.78. The first-order valence-electron chi connectivity index (χ1n) is 9.54. The van der Waals surface area contributed by atoms with Crippen LogP contribution in [0.2, 0.25) is 0 Å². The van der Waals surface area contributed by atoms with Crippen molar-refractivity contribution in [3.05, 3.63) is 77.7 Å². The zero-order chi connectivity index (χ0) is 21.5. The molecule has 0 aliphatic heterocycles. The summed E-state index contributed by atoms with van der Waals surface area (Å²) >= 11 is 0. The van der Waals surface area contributed by atoms with Gasteiger partial charge in [0.2, 0.25) is 0 Å². The number of nitrogens with one attached hydrogen (secondary N) is 1. The Morgan fingerprint density at radius 2 is 1.77 bits per heavy atom. The molecule has 7 nitrogen and oxygen atoms in total. The van der Waals surface area contributed by atoms with E-state index < -0.39 is 0 Å². The molecule has 0 bridgehead atoms. The zero-order valence-electron chi connectivity index (χ0n) is 17.3. The summed E-state index contributed by atoms with van der Waals surface area (Å²) in [7, 11) is 3.34. The number of para-hydroxylation sites is 1. The number of aryl methyl sites for hydroxylation is 1. The van der Waals surface area contributed by atoms with Crippen LogP contribution in [0.4, 0.5) is 5.69 Å². The molecule has 30 heavy (non-hydrogen) atoms. The number of carbonyl (C=O) groups excluding carboxylic acids is 2. The standard InChI is InChI=1S/C23H24N4O3/c1-16-21(22(28)25-19-7-5-4-6-8-19)26-20(15-24-16)17-9-11-18(12-10-17)23(29)27(2)13-14-30-3/h4-12,15H,13-14H2,1-3H3,(H,25,28).